The fourth-order valence-corrected chi connectivity index (χ4v) is 0.684. The van der Waals surface area contributed by atoms with E-state index in [0.29, 0.717) is 5.66 Å². The van der Waals surface area contributed by atoms with Gasteiger partial charge in [-0.15, -0.1) is 13.8 Å². The summed E-state index contributed by atoms with van der Waals surface area (Å²) in [5, 5.41) is 0. The Labute approximate surface area is 45.9 Å². The van der Waals surface area contributed by atoms with Crippen molar-refractivity contribution in [3.05, 3.63) is 6.20 Å². The normalized spacial score (nSPS) is 18.9. The zero-order valence-corrected chi connectivity index (χ0v) is 5.54. The summed E-state index contributed by atoms with van der Waals surface area (Å²) in [7, 11) is 2.74. The van der Waals surface area contributed by atoms with E-state index in [9.17, 15) is 0 Å². The van der Waals surface area contributed by atoms with Gasteiger partial charge in [-0.25, -0.2) is 0 Å². The Balaban J connectivity index is 2.11. The van der Waals surface area contributed by atoms with Crippen molar-refractivity contribution in [1.29, 1.82) is 0 Å². The number of rotatable bonds is 2. The Morgan fingerprint density at radius 3 is 2.71 bits per heavy atom. The standard InChI is InChI=1S/C5H9NP/c1-5(7)4-6-2-3-6/h2,5H,4,7H2,1H3/q+1. The number of hydrogen-bond acceptors (Lipinski definition) is 0. The SMILES string of the molecule is CC(P)C[N+]1=C=C1. The zero-order chi connectivity index (χ0) is 5.28. The predicted octanol–water partition coefficient (Wildman–Crippen LogP) is 0.460. The second-order valence-corrected chi connectivity index (χ2v) is 3.03. The molecular formula is C5H9NP+. The van der Waals surface area contributed by atoms with Gasteiger partial charge in [0, 0.05) is 5.66 Å². The molecule has 0 aromatic carbocycles. The van der Waals surface area contributed by atoms with Gasteiger partial charge in [0.25, 0.3) is 6.20 Å². The van der Waals surface area contributed by atoms with Gasteiger partial charge in [0.15, 0.2) is 6.54 Å². The summed E-state index contributed by atoms with van der Waals surface area (Å²) >= 11 is 0. The number of nitrogens with zero attached hydrogens (tertiary/aromatic N) is 1. The topological polar surface area (TPSA) is 3.01 Å². The highest BCUT2D eigenvalue weighted by Gasteiger charge is 2.11. The molecule has 7 heavy (non-hydrogen) atoms. The summed E-state index contributed by atoms with van der Waals surface area (Å²) in [5.41, 5.74) is 0.686. The van der Waals surface area contributed by atoms with Gasteiger partial charge < -0.3 is 0 Å². The third-order valence-corrected chi connectivity index (χ3v) is 1.01. The van der Waals surface area contributed by atoms with Crippen LogP contribution in [0.5, 0.6) is 0 Å². The summed E-state index contributed by atoms with van der Waals surface area (Å²) < 4.78 is 2.05. The molecule has 0 aromatic rings. The minimum Gasteiger partial charge on any atom is -0.139 e. The lowest BCUT2D eigenvalue weighted by Crippen LogP contribution is -2.04. The molecule has 0 aliphatic carbocycles. The predicted molar refractivity (Wildman–Crippen MR) is 33.9 cm³/mol. The van der Waals surface area contributed by atoms with Crippen molar-refractivity contribution in [2.75, 3.05) is 6.54 Å². The molecular weight excluding hydrogens is 105 g/mol. The molecule has 0 radical (unpaired) electrons. The minimum atomic E-state index is 0.686. The third kappa shape index (κ3) is 1.87. The summed E-state index contributed by atoms with van der Waals surface area (Å²) in [6, 6.07) is 0. The van der Waals surface area contributed by atoms with Crippen LogP contribution in [0.4, 0.5) is 0 Å². The van der Waals surface area contributed by atoms with Crippen LogP contribution in [0, 0.1) is 0 Å². The van der Waals surface area contributed by atoms with Crippen molar-refractivity contribution in [1.82, 2.24) is 0 Å². The largest absolute Gasteiger partial charge is 0.287 e. The molecule has 0 amide bonds. The Morgan fingerprint density at radius 1 is 2.00 bits per heavy atom. The van der Waals surface area contributed by atoms with E-state index in [2.05, 4.69) is 26.6 Å². The lowest BCUT2D eigenvalue weighted by Gasteiger charge is -1.89. The van der Waals surface area contributed by atoms with Gasteiger partial charge in [0.05, 0.1) is 0 Å². The Morgan fingerprint density at radius 2 is 2.57 bits per heavy atom. The molecule has 38 valence electrons. The van der Waals surface area contributed by atoms with E-state index in [4.69, 9.17) is 0 Å². The van der Waals surface area contributed by atoms with Crippen LogP contribution in [0.2, 0.25) is 0 Å². The van der Waals surface area contributed by atoms with Crippen molar-refractivity contribution >= 4 is 15.1 Å². The second kappa shape index (κ2) is 1.78. The van der Waals surface area contributed by atoms with E-state index >= 15 is 0 Å². The van der Waals surface area contributed by atoms with Crippen molar-refractivity contribution < 1.29 is 4.58 Å². The summed E-state index contributed by atoms with van der Waals surface area (Å²) in [4.78, 5) is 0. The number of hydrogen-bond donors (Lipinski definition) is 0. The minimum absolute atomic E-state index is 0.686. The van der Waals surface area contributed by atoms with Gasteiger partial charge in [-0.2, -0.15) is 0 Å². The lowest BCUT2D eigenvalue weighted by molar-refractivity contribution is -0.406. The smallest absolute Gasteiger partial charge is 0.139 e. The molecule has 0 N–H and O–H groups in total. The zero-order valence-electron chi connectivity index (χ0n) is 4.39. The average molecular weight is 114 g/mol. The summed E-state index contributed by atoms with van der Waals surface area (Å²) in [6.45, 7) is 3.27. The fourth-order valence-electron chi connectivity index (χ4n) is 0.456. The van der Waals surface area contributed by atoms with E-state index in [-0.39, 0.29) is 0 Å². The summed E-state index contributed by atoms with van der Waals surface area (Å²) in [5.74, 6) is 2.96. The van der Waals surface area contributed by atoms with Gasteiger partial charge >= 0.3 is 0 Å². The van der Waals surface area contributed by atoms with Gasteiger partial charge in [-0.3, -0.25) is 0 Å². The molecule has 0 fully saturated rings. The highest BCUT2D eigenvalue weighted by atomic mass is 31.0. The highest BCUT2D eigenvalue weighted by Crippen LogP contribution is 1.99. The molecule has 2 unspecified atom stereocenters. The molecule has 1 aliphatic rings. The van der Waals surface area contributed by atoms with Crippen LogP contribution in [-0.4, -0.2) is 22.6 Å². The van der Waals surface area contributed by atoms with Crippen molar-refractivity contribution in [2.45, 2.75) is 12.6 Å². The van der Waals surface area contributed by atoms with E-state index < -0.39 is 0 Å². The van der Waals surface area contributed by atoms with Crippen LogP contribution in [0.3, 0.4) is 0 Å². The Kier molecular flexibility index (Phi) is 1.27. The molecule has 1 aliphatic heterocycles. The maximum absolute atomic E-state index is 2.96. The monoisotopic (exact) mass is 114 g/mol. The van der Waals surface area contributed by atoms with Gasteiger partial charge in [-0.1, -0.05) is 6.92 Å². The maximum atomic E-state index is 2.96. The first-order chi connectivity index (χ1) is 3.29. The first-order valence-corrected chi connectivity index (χ1v) is 3.07. The van der Waals surface area contributed by atoms with Crippen molar-refractivity contribution in [2.24, 2.45) is 0 Å². The molecule has 2 atom stereocenters. The van der Waals surface area contributed by atoms with E-state index in [1.807, 2.05) is 6.20 Å². The second-order valence-electron chi connectivity index (χ2n) is 1.89. The molecule has 1 nitrogen and oxygen atoms in total. The Hall–Kier alpha value is -0.120. The first-order valence-electron chi connectivity index (χ1n) is 2.41. The van der Waals surface area contributed by atoms with Crippen LogP contribution in [0.25, 0.3) is 0 Å². The molecule has 2 heteroatoms. The van der Waals surface area contributed by atoms with Crippen LogP contribution in [0.15, 0.2) is 6.20 Å². The molecule has 0 aromatic heterocycles. The van der Waals surface area contributed by atoms with Gasteiger partial charge in [0.2, 0.25) is 5.87 Å². The summed E-state index contributed by atoms with van der Waals surface area (Å²) in [6.07, 6.45) is 1.96. The van der Waals surface area contributed by atoms with Gasteiger partial charge in [0.1, 0.15) is 0 Å². The fraction of sp³-hybridized carbons (Fsp3) is 0.600. The third-order valence-electron chi connectivity index (χ3n) is 0.796. The van der Waals surface area contributed by atoms with Crippen LogP contribution in [0.1, 0.15) is 6.92 Å². The van der Waals surface area contributed by atoms with Crippen molar-refractivity contribution in [3.8, 4) is 0 Å². The maximum Gasteiger partial charge on any atom is 0.287 e. The highest BCUT2D eigenvalue weighted by molar-refractivity contribution is 7.17. The average Bonchev–Trinajstić information content (AvgIpc) is 2.17. The molecule has 0 spiro atoms. The first kappa shape index (κ1) is 5.03. The lowest BCUT2D eigenvalue weighted by atomic mass is 10.5. The molecule has 1 rings (SSSR count). The van der Waals surface area contributed by atoms with Crippen LogP contribution >= 0.6 is 9.24 Å². The molecule has 0 saturated heterocycles. The van der Waals surface area contributed by atoms with E-state index in [0.717, 1.165) is 6.54 Å². The van der Waals surface area contributed by atoms with Crippen LogP contribution < -0.4 is 0 Å². The quantitative estimate of drug-likeness (QED) is 0.362. The van der Waals surface area contributed by atoms with Crippen LogP contribution in [-0.2, 0) is 0 Å². The Bertz CT molecular complexity index is 131. The molecule has 0 saturated carbocycles. The van der Waals surface area contributed by atoms with E-state index in [1.54, 1.807) is 0 Å². The van der Waals surface area contributed by atoms with Crippen molar-refractivity contribution in [3.63, 3.8) is 0 Å². The molecule has 0 bridgehead atoms. The molecule has 1 heterocycles. The van der Waals surface area contributed by atoms with E-state index in [1.165, 1.54) is 0 Å². The van der Waals surface area contributed by atoms with Gasteiger partial charge in [-0.05, 0) is 0 Å².